The van der Waals surface area contributed by atoms with Gasteiger partial charge in [0.15, 0.2) is 0 Å². The van der Waals surface area contributed by atoms with E-state index in [0.717, 1.165) is 35.3 Å². The molecule has 7 nitrogen and oxygen atoms in total. The number of thiophene rings is 1. The summed E-state index contributed by atoms with van der Waals surface area (Å²) in [5.41, 5.74) is -0.414. The molecule has 1 unspecified atom stereocenters. The molecule has 1 saturated heterocycles. The summed E-state index contributed by atoms with van der Waals surface area (Å²) in [4.78, 5) is 28.8. The molecule has 1 amide bonds. The Morgan fingerprint density at radius 3 is 2.28 bits per heavy atom. The number of carbonyl (C=O) groups excluding carboxylic acids is 1. The average molecular weight is 684 g/mol. The third kappa shape index (κ3) is 6.35. The van der Waals surface area contributed by atoms with E-state index in [4.69, 9.17) is 34.8 Å². The molecule has 1 aliphatic carbocycles. The Kier molecular flexibility index (Phi) is 9.25. The fraction of sp³-hybridized carbons (Fsp3) is 0.419. The number of likely N-dealkylation sites (tertiary alicyclic amines) is 1. The van der Waals surface area contributed by atoms with Gasteiger partial charge in [-0.05, 0) is 66.8 Å². The van der Waals surface area contributed by atoms with Crippen LogP contribution in [0, 0.1) is 5.41 Å². The Hall–Kier alpha value is -2.14. The number of amides is 1. The number of benzene rings is 2. The van der Waals surface area contributed by atoms with Crippen molar-refractivity contribution in [1.82, 2.24) is 9.21 Å². The second-order valence-electron chi connectivity index (χ2n) is 11.9. The lowest BCUT2D eigenvalue weighted by Gasteiger charge is -2.56. The summed E-state index contributed by atoms with van der Waals surface area (Å²) in [6.07, 6.45) is 2.66. The molecule has 1 saturated carbocycles. The van der Waals surface area contributed by atoms with Gasteiger partial charge in [0.2, 0.25) is 5.91 Å². The topological polar surface area (TPSA) is 95.0 Å². The van der Waals surface area contributed by atoms with Crippen LogP contribution in [0.5, 0.6) is 0 Å². The van der Waals surface area contributed by atoms with Crippen molar-refractivity contribution in [2.45, 2.75) is 67.2 Å². The van der Waals surface area contributed by atoms with Gasteiger partial charge in [0.1, 0.15) is 4.21 Å². The van der Waals surface area contributed by atoms with E-state index >= 15 is 0 Å². The first kappa shape index (κ1) is 32.3. The summed E-state index contributed by atoms with van der Waals surface area (Å²) in [5, 5.41) is 11.0. The predicted molar refractivity (Wildman–Crippen MR) is 171 cm³/mol. The van der Waals surface area contributed by atoms with Gasteiger partial charge < -0.3 is 10.0 Å². The minimum absolute atomic E-state index is 0.0477. The van der Waals surface area contributed by atoms with E-state index in [1.165, 1.54) is 17.4 Å². The molecule has 3 aromatic rings. The molecule has 1 N–H and O–H groups in total. The number of carboxylic acid groups (broad SMARTS) is 1. The van der Waals surface area contributed by atoms with E-state index in [-0.39, 0.29) is 35.4 Å². The van der Waals surface area contributed by atoms with Crippen LogP contribution in [0.4, 0.5) is 0 Å². The number of piperidine rings is 1. The SMILES string of the molecule is CN(CC1(N2C(=O)[C@@](C)(CC(=O)O)C[C@H](c3cccc(Cl)c3)C2c2ccc(Cl)cc2)CCCC1)S(=O)(=O)c1ccc(Cl)s1. The van der Waals surface area contributed by atoms with Crippen molar-refractivity contribution >= 4 is 68.0 Å². The Morgan fingerprint density at radius 2 is 1.70 bits per heavy atom. The van der Waals surface area contributed by atoms with Crippen molar-refractivity contribution < 1.29 is 23.1 Å². The van der Waals surface area contributed by atoms with Crippen LogP contribution < -0.4 is 0 Å². The summed E-state index contributed by atoms with van der Waals surface area (Å²) in [5.74, 6) is -1.68. The second-order valence-corrected chi connectivity index (χ2v) is 16.8. The number of carbonyl (C=O) groups is 2. The van der Waals surface area contributed by atoms with Gasteiger partial charge in [0.05, 0.1) is 27.8 Å². The maximum atomic E-state index is 14.8. The van der Waals surface area contributed by atoms with Gasteiger partial charge in [-0.15, -0.1) is 11.3 Å². The molecule has 0 radical (unpaired) electrons. The molecular weight excluding hydrogens is 651 g/mol. The molecule has 1 aliphatic heterocycles. The van der Waals surface area contributed by atoms with Gasteiger partial charge in [0.25, 0.3) is 10.0 Å². The predicted octanol–water partition coefficient (Wildman–Crippen LogP) is 7.88. The van der Waals surface area contributed by atoms with Crippen LogP contribution >= 0.6 is 46.1 Å². The van der Waals surface area contributed by atoms with Gasteiger partial charge in [-0.3, -0.25) is 9.59 Å². The second kappa shape index (κ2) is 12.3. The standard InChI is InChI=1S/C31H33Cl3N2O5S2/c1-30(18-26(37)38)17-24(21-6-5-7-23(33)16-21)28(20-8-10-22(32)11-9-20)36(29(30)39)31(14-3-4-15-31)19-35(2)43(40,41)27-13-12-25(34)42-27/h5-13,16,24,28H,3-4,14-15,17-19H2,1-2H3,(H,37,38)/t24-,28?,30-/m1/s1. The summed E-state index contributed by atoms with van der Waals surface area (Å²) < 4.78 is 29.2. The maximum Gasteiger partial charge on any atom is 0.304 e. The Morgan fingerprint density at radius 1 is 1.02 bits per heavy atom. The number of halogens is 3. The molecular formula is C31H33Cl3N2O5S2. The normalized spacial score (nSPS) is 24.0. The van der Waals surface area contributed by atoms with Crippen LogP contribution in [0.15, 0.2) is 64.9 Å². The van der Waals surface area contributed by atoms with E-state index in [0.29, 0.717) is 27.2 Å². The molecule has 2 fully saturated rings. The highest BCUT2D eigenvalue weighted by Crippen LogP contribution is 2.56. The zero-order valence-corrected chi connectivity index (χ0v) is 27.7. The molecule has 2 heterocycles. The molecule has 0 spiro atoms. The first-order chi connectivity index (χ1) is 20.3. The van der Waals surface area contributed by atoms with Crippen molar-refractivity contribution in [2.75, 3.05) is 13.6 Å². The van der Waals surface area contributed by atoms with E-state index in [2.05, 4.69) is 0 Å². The monoisotopic (exact) mass is 682 g/mol. The number of hydrogen-bond donors (Lipinski definition) is 1. The zero-order valence-electron chi connectivity index (χ0n) is 23.8. The molecule has 12 heteroatoms. The molecule has 2 aromatic carbocycles. The zero-order chi connectivity index (χ0) is 31.2. The van der Waals surface area contributed by atoms with Gasteiger partial charge >= 0.3 is 5.97 Å². The van der Waals surface area contributed by atoms with Crippen molar-refractivity contribution in [3.05, 3.63) is 86.2 Å². The molecule has 0 bridgehead atoms. The lowest BCUT2D eigenvalue weighted by molar-refractivity contribution is -0.166. The van der Waals surface area contributed by atoms with Crippen molar-refractivity contribution in [1.29, 1.82) is 0 Å². The van der Waals surface area contributed by atoms with Crippen LogP contribution in [0.3, 0.4) is 0 Å². The fourth-order valence-corrected chi connectivity index (χ4v) is 10.2. The largest absolute Gasteiger partial charge is 0.481 e. The van der Waals surface area contributed by atoms with Gasteiger partial charge in [-0.1, -0.05) is 78.8 Å². The fourth-order valence-electron chi connectivity index (χ4n) is 6.95. The molecule has 230 valence electrons. The lowest BCUT2D eigenvalue weighted by Crippen LogP contribution is -2.64. The van der Waals surface area contributed by atoms with Crippen molar-refractivity contribution in [3.8, 4) is 0 Å². The number of hydrogen-bond acceptors (Lipinski definition) is 5. The Bertz CT molecular complexity index is 1620. The van der Waals surface area contributed by atoms with Crippen LogP contribution in [0.1, 0.15) is 68.5 Å². The quantitative estimate of drug-likeness (QED) is 0.248. The number of nitrogens with zero attached hydrogens (tertiary/aromatic N) is 2. The third-order valence-corrected chi connectivity index (χ3v) is 12.9. The minimum Gasteiger partial charge on any atom is -0.481 e. The van der Waals surface area contributed by atoms with E-state index < -0.39 is 33.0 Å². The highest BCUT2D eigenvalue weighted by atomic mass is 35.5. The third-order valence-electron chi connectivity index (χ3n) is 8.87. The number of rotatable bonds is 9. The van der Waals surface area contributed by atoms with Crippen LogP contribution in [-0.2, 0) is 19.6 Å². The molecule has 43 heavy (non-hydrogen) atoms. The first-order valence-electron chi connectivity index (χ1n) is 14.0. The highest BCUT2D eigenvalue weighted by molar-refractivity contribution is 7.91. The van der Waals surface area contributed by atoms with Crippen LogP contribution in [0.25, 0.3) is 0 Å². The van der Waals surface area contributed by atoms with Crippen molar-refractivity contribution in [3.63, 3.8) is 0 Å². The number of carboxylic acids is 1. The molecule has 1 aromatic heterocycles. The lowest BCUT2D eigenvalue weighted by atomic mass is 9.66. The molecule has 3 atom stereocenters. The van der Waals surface area contributed by atoms with Crippen LogP contribution in [-0.4, -0.2) is 53.7 Å². The van der Waals surface area contributed by atoms with Gasteiger partial charge in [0, 0.05) is 29.6 Å². The number of sulfonamides is 1. The minimum atomic E-state index is -3.91. The summed E-state index contributed by atoms with van der Waals surface area (Å²) in [6.45, 7) is 1.76. The Balaban J connectivity index is 1.69. The number of aliphatic carboxylic acids is 1. The molecule has 5 rings (SSSR count). The molecule has 2 aliphatic rings. The average Bonchev–Trinajstić information content (AvgIpc) is 3.60. The maximum absolute atomic E-state index is 14.8. The summed E-state index contributed by atoms with van der Waals surface area (Å²) >= 11 is 19.8. The van der Waals surface area contributed by atoms with E-state index in [1.54, 1.807) is 31.2 Å². The number of likely N-dealkylation sites (N-methyl/N-ethyl adjacent to an activating group) is 1. The highest BCUT2D eigenvalue weighted by Gasteiger charge is 2.57. The first-order valence-corrected chi connectivity index (χ1v) is 17.4. The summed E-state index contributed by atoms with van der Waals surface area (Å²) in [7, 11) is -2.38. The van der Waals surface area contributed by atoms with E-state index in [1.807, 2.05) is 35.2 Å². The Labute approximate surface area is 271 Å². The van der Waals surface area contributed by atoms with Gasteiger partial charge in [-0.2, -0.15) is 4.31 Å². The van der Waals surface area contributed by atoms with Crippen molar-refractivity contribution in [2.24, 2.45) is 5.41 Å². The van der Waals surface area contributed by atoms with Crippen LogP contribution in [0.2, 0.25) is 14.4 Å². The summed E-state index contributed by atoms with van der Waals surface area (Å²) in [6, 6.07) is 17.3. The van der Waals surface area contributed by atoms with E-state index in [9.17, 15) is 23.1 Å². The smallest absolute Gasteiger partial charge is 0.304 e. The van der Waals surface area contributed by atoms with Gasteiger partial charge in [-0.25, -0.2) is 8.42 Å².